The van der Waals surface area contributed by atoms with Gasteiger partial charge in [0, 0.05) is 19.7 Å². The molecule has 1 heterocycles. The molecule has 128 valence electrons. The summed E-state index contributed by atoms with van der Waals surface area (Å²) in [6.45, 7) is 1.85. The molecule has 1 N–H and O–H groups in total. The van der Waals surface area contributed by atoms with Crippen molar-refractivity contribution in [3.63, 3.8) is 0 Å². The van der Waals surface area contributed by atoms with Gasteiger partial charge in [0.25, 0.3) is 0 Å². The van der Waals surface area contributed by atoms with Crippen LogP contribution in [-0.4, -0.2) is 43.7 Å². The number of halogens is 3. The van der Waals surface area contributed by atoms with Gasteiger partial charge in [-0.15, -0.1) is 0 Å². The van der Waals surface area contributed by atoms with Crippen molar-refractivity contribution in [2.45, 2.75) is 31.7 Å². The van der Waals surface area contributed by atoms with Crippen molar-refractivity contribution in [1.82, 2.24) is 10.2 Å². The summed E-state index contributed by atoms with van der Waals surface area (Å²) in [6, 6.07) is 4.98. The first-order valence-corrected chi connectivity index (χ1v) is 7.57. The fourth-order valence-corrected chi connectivity index (χ4v) is 2.50. The third-order valence-electron chi connectivity index (χ3n) is 3.70. The molecule has 0 bridgehead atoms. The zero-order valence-electron chi connectivity index (χ0n) is 13.0. The van der Waals surface area contributed by atoms with E-state index in [-0.39, 0.29) is 18.6 Å². The number of benzene rings is 1. The summed E-state index contributed by atoms with van der Waals surface area (Å²) in [7, 11) is 1.75. The molecule has 1 aliphatic heterocycles. The van der Waals surface area contributed by atoms with Crippen LogP contribution < -0.4 is 5.32 Å². The van der Waals surface area contributed by atoms with Crippen molar-refractivity contribution < 1.29 is 22.7 Å². The Balaban J connectivity index is 1.75. The molecule has 4 nitrogen and oxygen atoms in total. The van der Waals surface area contributed by atoms with E-state index in [2.05, 4.69) is 5.32 Å². The van der Waals surface area contributed by atoms with Crippen molar-refractivity contribution in [1.29, 1.82) is 0 Å². The average Bonchev–Trinajstić information content (AvgIpc) is 2.98. The van der Waals surface area contributed by atoms with Gasteiger partial charge in [0.05, 0.1) is 18.2 Å². The van der Waals surface area contributed by atoms with Crippen LogP contribution in [-0.2, 0) is 22.3 Å². The third-order valence-corrected chi connectivity index (χ3v) is 3.70. The van der Waals surface area contributed by atoms with E-state index in [0.717, 1.165) is 37.1 Å². The van der Waals surface area contributed by atoms with Crippen LogP contribution in [0.2, 0.25) is 0 Å². The molecule has 1 fully saturated rings. The molecule has 2 rings (SSSR count). The van der Waals surface area contributed by atoms with Crippen LogP contribution in [0.4, 0.5) is 13.2 Å². The predicted molar refractivity (Wildman–Crippen MR) is 79.8 cm³/mol. The van der Waals surface area contributed by atoms with Crippen LogP contribution in [0.3, 0.4) is 0 Å². The molecule has 0 radical (unpaired) electrons. The minimum Gasteiger partial charge on any atom is -0.376 e. The number of hydrogen-bond acceptors (Lipinski definition) is 3. The molecule has 1 aliphatic rings. The van der Waals surface area contributed by atoms with Crippen molar-refractivity contribution in [2.24, 2.45) is 0 Å². The number of hydrogen-bond donors (Lipinski definition) is 1. The van der Waals surface area contributed by atoms with Gasteiger partial charge in [0.15, 0.2) is 0 Å². The van der Waals surface area contributed by atoms with Crippen molar-refractivity contribution in [2.75, 3.05) is 26.7 Å². The molecular weight excluding hydrogens is 309 g/mol. The second-order valence-corrected chi connectivity index (χ2v) is 5.81. The second-order valence-electron chi connectivity index (χ2n) is 5.81. The Morgan fingerprint density at radius 3 is 2.61 bits per heavy atom. The number of carbonyl (C=O) groups is 1. The van der Waals surface area contributed by atoms with E-state index in [0.29, 0.717) is 13.1 Å². The van der Waals surface area contributed by atoms with E-state index >= 15 is 0 Å². The lowest BCUT2D eigenvalue weighted by molar-refractivity contribution is -0.137. The number of nitrogens with zero attached hydrogens (tertiary/aromatic N) is 1. The highest BCUT2D eigenvalue weighted by Crippen LogP contribution is 2.29. The van der Waals surface area contributed by atoms with Gasteiger partial charge in [0.1, 0.15) is 0 Å². The Kier molecular flexibility index (Phi) is 6.01. The summed E-state index contributed by atoms with van der Waals surface area (Å²) in [4.78, 5) is 13.6. The maximum atomic E-state index is 12.5. The largest absolute Gasteiger partial charge is 0.416 e. The van der Waals surface area contributed by atoms with E-state index in [1.165, 1.54) is 12.1 Å². The SMILES string of the molecule is CN(CC(=O)NC[C@H]1CCCO1)Cc1ccc(C(F)(F)F)cc1. The van der Waals surface area contributed by atoms with Gasteiger partial charge in [-0.3, -0.25) is 9.69 Å². The highest BCUT2D eigenvalue weighted by molar-refractivity contribution is 5.78. The van der Waals surface area contributed by atoms with Gasteiger partial charge in [-0.25, -0.2) is 0 Å². The third kappa shape index (κ3) is 5.84. The van der Waals surface area contributed by atoms with Crippen LogP contribution in [0.1, 0.15) is 24.0 Å². The molecule has 1 aromatic rings. The zero-order valence-corrected chi connectivity index (χ0v) is 13.0. The number of likely N-dealkylation sites (N-methyl/N-ethyl adjacent to an activating group) is 1. The average molecular weight is 330 g/mol. The first-order valence-electron chi connectivity index (χ1n) is 7.57. The van der Waals surface area contributed by atoms with E-state index in [9.17, 15) is 18.0 Å². The highest BCUT2D eigenvalue weighted by Gasteiger charge is 2.29. The highest BCUT2D eigenvalue weighted by atomic mass is 19.4. The number of nitrogens with one attached hydrogen (secondary N) is 1. The maximum Gasteiger partial charge on any atom is 0.416 e. The summed E-state index contributed by atoms with van der Waals surface area (Å²) in [5, 5.41) is 2.82. The Labute approximate surface area is 133 Å². The Bertz CT molecular complexity index is 511. The lowest BCUT2D eigenvalue weighted by Gasteiger charge is -2.18. The molecule has 0 spiro atoms. The molecule has 0 unspecified atom stereocenters. The lowest BCUT2D eigenvalue weighted by Crippen LogP contribution is -2.38. The molecular formula is C16H21F3N2O2. The molecule has 7 heteroatoms. The van der Waals surface area contributed by atoms with Crippen LogP contribution in [0.15, 0.2) is 24.3 Å². The predicted octanol–water partition coefficient (Wildman–Crippen LogP) is 2.43. The monoisotopic (exact) mass is 330 g/mol. The Morgan fingerprint density at radius 2 is 2.04 bits per heavy atom. The molecule has 1 amide bonds. The van der Waals surface area contributed by atoms with Crippen molar-refractivity contribution >= 4 is 5.91 Å². The quantitative estimate of drug-likeness (QED) is 0.871. The fraction of sp³-hybridized carbons (Fsp3) is 0.562. The Morgan fingerprint density at radius 1 is 1.35 bits per heavy atom. The van der Waals surface area contributed by atoms with Crippen LogP contribution in [0, 0.1) is 0 Å². The van der Waals surface area contributed by atoms with Gasteiger partial charge in [-0.2, -0.15) is 13.2 Å². The first-order chi connectivity index (χ1) is 10.8. The molecule has 0 aliphatic carbocycles. The molecule has 0 saturated carbocycles. The summed E-state index contributed by atoms with van der Waals surface area (Å²) >= 11 is 0. The topological polar surface area (TPSA) is 41.6 Å². The first kappa shape index (κ1) is 17.7. The van der Waals surface area contributed by atoms with Crippen molar-refractivity contribution in [3.8, 4) is 0 Å². The molecule has 0 aromatic heterocycles. The summed E-state index contributed by atoms with van der Waals surface area (Å²) in [5.74, 6) is -0.116. The molecule has 23 heavy (non-hydrogen) atoms. The fourth-order valence-electron chi connectivity index (χ4n) is 2.50. The number of carbonyl (C=O) groups excluding carboxylic acids is 1. The standard InChI is InChI=1S/C16H21F3N2O2/c1-21(11-15(22)20-9-14-3-2-8-23-14)10-12-4-6-13(7-5-12)16(17,18)19/h4-7,14H,2-3,8-11H2,1H3,(H,20,22)/t14-/m1/s1. The van der Waals surface area contributed by atoms with Gasteiger partial charge in [0.2, 0.25) is 5.91 Å². The molecule has 1 saturated heterocycles. The minimum atomic E-state index is -4.33. The van der Waals surface area contributed by atoms with E-state index < -0.39 is 11.7 Å². The lowest BCUT2D eigenvalue weighted by atomic mass is 10.1. The van der Waals surface area contributed by atoms with Crippen LogP contribution in [0.25, 0.3) is 0 Å². The minimum absolute atomic E-state index is 0.0965. The Hall–Kier alpha value is -1.60. The molecule has 1 aromatic carbocycles. The normalized spacial score (nSPS) is 18.4. The van der Waals surface area contributed by atoms with Gasteiger partial charge in [-0.05, 0) is 37.6 Å². The smallest absolute Gasteiger partial charge is 0.376 e. The van der Waals surface area contributed by atoms with E-state index in [1.54, 1.807) is 11.9 Å². The van der Waals surface area contributed by atoms with E-state index in [1.807, 2.05) is 0 Å². The van der Waals surface area contributed by atoms with Crippen LogP contribution in [0.5, 0.6) is 0 Å². The number of ether oxygens (including phenoxy) is 1. The van der Waals surface area contributed by atoms with Gasteiger partial charge in [-0.1, -0.05) is 12.1 Å². The summed E-state index contributed by atoms with van der Waals surface area (Å²) in [6.07, 6.45) is -2.25. The number of amides is 1. The zero-order chi connectivity index (χ0) is 16.9. The maximum absolute atomic E-state index is 12.5. The number of rotatable bonds is 6. The summed E-state index contributed by atoms with van der Waals surface area (Å²) in [5.41, 5.74) is 0.0608. The van der Waals surface area contributed by atoms with Gasteiger partial charge >= 0.3 is 6.18 Å². The second kappa shape index (κ2) is 7.79. The molecule has 1 atom stereocenters. The van der Waals surface area contributed by atoms with Gasteiger partial charge < -0.3 is 10.1 Å². The van der Waals surface area contributed by atoms with Crippen molar-refractivity contribution in [3.05, 3.63) is 35.4 Å². The van der Waals surface area contributed by atoms with Crippen LogP contribution >= 0.6 is 0 Å². The number of alkyl halides is 3. The van der Waals surface area contributed by atoms with E-state index in [4.69, 9.17) is 4.74 Å². The summed E-state index contributed by atoms with van der Waals surface area (Å²) < 4.78 is 42.9.